The zero-order chi connectivity index (χ0) is 16.1. The molecular formula is C15H17N3O3S. The van der Waals surface area contributed by atoms with Gasteiger partial charge in [0.25, 0.3) is 0 Å². The first-order chi connectivity index (χ1) is 10.5. The molecule has 7 heteroatoms. The van der Waals surface area contributed by atoms with Gasteiger partial charge in [-0.05, 0) is 24.5 Å². The van der Waals surface area contributed by atoms with Crippen molar-refractivity contribution in [3.8, 4) is 0 Å². The van der Waals surface area contributed by atoms with Crippen LogP contribution in [0.4, 0.5) is 0 Å². The van der Waals surface area contributed by atoms with Crippen LogP contribution in [0.5, 0.6) is 0 Å². The summed E-state index contributed by atoms with van der Waals surface area (Å²) in [7, 11) is 0. The van der Waals surface area contributed by atoms with E-state index in [0.717, 1.165) is 29.5 Å². The van der Waals surface area contributed by atoms with Gasteiger partial charge >= 0.3 is 5.97 Å². The Hall–Kier alpha value is -2.15. The average Bonchev–Trinajstić information content (AvgIpc) is 2.84. The molecule has 0 saturated carbocycles. The highest BCUT2D eigenvalue weighted by molar-refractivity contribution is 8.15. The molecule has 116 valence electrons. The summed E-state index contributed by atoms with van der Waals surface area (Å²) in [5.41, 5.74) is 2.93. The summed E-state index contributed by atoms with van der Waals surface area (Å²) in [6.45, 7) is 3.93. The summed E-state index contributed by atoms with van der Waals surface area (Å²) in [4.78, 5) is 22.2. The van der Waals surface area contributed by atoms with Crippen LogP contribution in [-0.4, -0.2) is 33.1 Å². The highest BCUT2D eigenvalue weighted by atomic mass is 32.2. The van der Waals surface area contributed by atoms with E-state index in [1.54, 1.807) is 0 Å². The molecule has 0 bridgehead atoms. The number of thioether (sulfide) groups is 1. The molecule has 1 aliphatic rings. The van der Waals surface area contributed by atoms with E-state index in [2.05, 4.69) is 22.4 Å². The molecule has 1 aromatic carbocycles. The minimum Gasteiger partial charge on any atom is -0.481 e. The number of carboxylic acid groups (broad SMARTS) is 1. The molecule has 1 saturated heterocycles. The van der Waals surface area contributed by atoms with Crippen molar-refractivity contribution in [2.24, 2.45) is 10.2 Å². The predicted octanol–water partition coefficient (Wildman–Crippen LogP) is 2.04. The maximum atomic E-state index is 11.6. The van der Waals surface area contributed by atoms with Crippen molar-refractivity contribution in [2.75, 3.05) is 0 Å². The van der Waals surface area contributed by atoms with Crippen LogP contribution in [0.25, 0.3) is 0 Å². The first kappa shape index (κ1) is 16.2. The highest BCUT2D eigenvalue weighted by Gasteiger charge is 2.32. The first-order valence-electron chi connectivity index (χ1n) is 6.90. The Labute approximate surface area is 132 Å². The molecule has 1 heterocycles. The Morgan fingerprint density at radius 1 is 1.36 bits per heavy atom. The normalized spacial score (nSPS) is 20.3. The molecule has 1 aromatic rings. The summed E-state index contributed by atoms with van der Waals surface area (Å²) >= 11 is 1.09. The van der Waals surface area contributed by atoms with Crippen LogP contribution in [0.1, 0.15) is 31.4 Å². The molecule has 2 N–H and O–H groups in total. The molecule has 0 spiro atoms. The summed E-state index contributed by atoms with van der Waals surface area (Å²) < 4.78 is 0. The minimum absolute atomic E-state index is 0.225. The Morgan fingerprint density at radius 3 is 2.64 bits per heavy atom. The monoisotopic (exact) mass is 319 g/mol. The number of hydrogen-bond donors (Lipinski definition) is 2. The number of hydrogen-bond acceptors (Lipinski definition) is 5. The second-order valence-corrected chi connectivity index (χ2v) is 6.03. The summed E-state index contributed by atoms with van der Waals surface area (Å²) in [6.07, 6.45) is 0.753. The van der Waals surface area contributed by atoms with E-state index in [4.69, 9.17) is 5.11 Å². The van der Waals surface area contributed by atoms with Crippen LogP contribution in [-0.2, 0) is 16.0 Å². The summed E-state index contributed by atoms with van der Waals surface area (Å²) in [6, 6.07) is 8.03. The largest absolute Gasteiger partial charge is 0.481 e. The Bertz CT molecular complexity index is 638. The van der Waals surface area contributed by atoms with Crippen LogP contribution in [0.15, 0.2) is 34.5 Å². The number of aryl methyl sites for hydroxylation is 1. The number of aliphatic carboxylic acids is 1. The molecule has 1 amide bonds. The van der Waals surface area contributed by atoms with Crippen LogP contribution in [0.3, 0.4) is 0 Å². The lowest BCUT2D eigenvalue weighted by molar-refractivity contribution is -0.138. The Morgan fingerprint density at radius 2 is 2.05 bits per heavy atom. The van der Waals surface area contributed by atoms with E-state index in [1.807, 2.05) is 31.2 Å². The number of benzene rings is 1. The molecule has 6 nitrogen and oxygen atoms in total. The van der Waals surface area contributed by atoms with Gasteiger partial charge < -0.3 is 10.4 Å². The van der Waals surface area contributed by atoms with Crippen molar-refractivity contribution in [1.82, 2.24) is 5.32 Å². The van der Waals surface area contributed by atoms with Crippen molar-refractivity contribution < 1.29 is 14.7 Å². The van der Waals surface area contributed by atoms with Gasteiger partial charge in [-0.1, -0.05) is 43.0 Å². The molecular weight excluding hydrogens is 302 g/mol. The SMILES string of the molecule is CCc1ccc(C(C)=NN=C2NC(=O)[C@H](CC(=O)O)S2)cc1. The van der Waals surface area contributed by atoms with Crippen LogP contribution in [0.2, 0.25) is 0 Å². The average molecular weight is 319 g/mol. The van der Waals surface area contributed by atoms with E-state index in [-0.39, 0.29) is 12.3 Å². The molecule has 0 aliphatic carbocycles. The lowest BCUT2D eigenvalue weighted by atomic mass is 10.1. The van der Waals surface area contributed by atoms with Gasteiger partial charge in [0, 0.05) is 0 Å². The molecule has 2 rings (SSSR count). The number of rotatable bonds is 5. The molecule has 0 radical (unpaired) electrons. The quantitative estimate of drug-likeness (QED) is 0.642. The fourth-order valence-electron chi connectivity index (χ4n) is 1.90. The second-order valence-electron chi connectivity index (χ2n) is 4.83. The topological polar surface area (TPSA) is 91.1 Å². The van der Waals surface area contributed by atoms with Crippen molar-refractivity contribution >= 4 is 34.5 Å². The number of amides is 1. The van der Waals surface area contributed by atoms with Crippen LogP contribution >= 0.6 is 11.8 Å². The Kier molecular flexibility index (Phi) is 5.32. The minimum atomic E-state index is -1.01. The number of carboxylic acids is 1. The van der Waals surface area contributed by atoms with Gasteiger partial charge in [0.05, 0.1) is 12.1 Å². The van der Waals surface area contributed by atoms with Gasteiger partial charge in [0.2, 0.25) is 5.91 Å². The third kappa shape index (κ3) is 4.17. The van der Waals surface area contributed by atoms with Gasteiger partial charge in [0.1, 0.15) is 5.25 Å². The number of carbonyl (C=O) groups excluding carboxylic acids is 1. The van der Waals surface area contributed by atoms with Crippen LogP contribution < -0.4 is 5.32 Å². The molecule has 0 unspecified atom stereocenters. The first-order valence-corrected chi connectivity index (χ1v) is 7.78. The molecule has 1 fully saturated rings. The summed E-state index contributed by atoms with van der Waals surface area (Å²) in [5, 5.41) is 19.1. The maximum absolute atomic E-state index is 11.6. The highest BCUT2D eigenvalue weighted by Crippen LogP contribution is 2.22. The van der Waals surface area contributed by atoms with E-state index in [0.29, 0.717) is 5.17 Å². The van der Waals surface area contributed by atoms with Gasteiger partial charge in [-0.2, -0.15) is 5.10 Å². The fourth-order valence-corrected chi connectivity index (χ4v) is 2.81. The zero-order valence-corrected chi connectivity index (χ0v) is 13.2. The standard InChI is InChI=1S/C15H17N3O3S/c1-3-10-4-6-11(7-5-10)9(2)17-18-15-16-14(21)12(22-15)8-13(19)20/h4-7,12H,3,8H2,1-2H3,(H,19,20)(H,16,18,21)/t12-/m0/s1. The smallest absolute Gasteiger partial charge is 0.305 e. The van der Waals surface area contributed by atoms with Gasteiger partial charge in [0.15, 0.2) is 5.17 Å². The van der Waals surface area contributed by atoms with Gasteiger partial charge in [-0.25, -0.2) is 0 Å². The third-order valence-electron chi connectivity index (χ3n) is 3.21. The van der Waals surface area contributed by atoms with Crippen molar-refractivity contribution in [2.45, 2.75) is 31.9 Å². The van der Waals surface area contributed by atoms with Crippen molar-refractivity contribution in [1.29, 1.82) is 0 Å². The molecule has 22 heavy (non-hydrogen) atoms. The van der Waals surface area contributed by atoms with Gasteiger partial charge in [-0.15, -0.1) is 5.10 Å². The zero-order valence-electron chi connectivity index (χ0n) is 12.4. The molecule has 1 atom stereocenters. The Balaban J connectivity index is 2.06. The van der Waals surface area contributed by atoms with Crippen LogP contribution in [0, 0.1) is 0 Å². The maximum Gasteiger partial charge on any atom is 0.305 e. The van der Waals surface area contributed by atoms with E-state index in [9.17, 15) is 9.59 Å². The van der Waals surface area contributed by atoms with Crippen molar-refractivity contribution in [3.05, 3.63) is 35.4 Å². The molecule has 0 aromatic heterocycles. The number of amidine groups is 1. The second kappa shape index (κ2) is 7.22. The number of nitrogens with one attached hydrogen (secondary N) is 1. The lowest BCUT2D eigenvalue weighted by Crippen LogP contribution is -2.26. The lowest BCUT2D eigenvalue weighted by Gasteiger charge is -2.01. The number of nitrogens with zero attached hydrogens (tertiary/aromatic N) is 2. The van der Waals surface area contributed by atoms with Crippen molar-refractivity contribution in [3.63, 3.8) is 0 Å². The van der Waals surface area contributed by atoms with E-state index in [1.165, 1.54) is 5.56 Å². The predicted molar refractivity (Wildman–Crippen MR) is 87.2 cm³/mol. The summed E-state index contributed by atoms with van der Waals surface area (Å²) in [5.74, 6) is -1.35. The van der Waals surface area contributed by atoms with E-state index >= 15 is 0 Å². The molecule has 1 aliphatic heterocycles. The fraction of sp³-hybridized carbons (Fsp3) is 0.333. The number of carbonyl (C=O) groups is 2. The van der Waals surface area contributed by atoms with Gasteiger partial charge in [-0.3, -0.25) is 9.59 Å². The van der Waals surface area contributed by atoms with E-state index < -0.39 is 11.2 Å². The third-order valence-corrected chi connectivity index (χ3v) is 4.28.